The van der Waals surface area contributed by atoms with E-state index in [1.165, 1.54) is 0 Å². The number of nitrogens with zero attached hydrogens (tertiary/aromatic N) is 6. The van der Waals surface area contributed by atoms with Crippen LogP contribution in [-0.4, -0.2) is 29.9 Å². The second-order valence-electron chi connectivity index (χ2n) is 5.35. The summed E-state index contributed by atoms with van der Waals surface area (Å²) >= 11 is 17.2. The minimum Gasteiger partial charge on any atom is -0.463 e. The molecule has 28 heavy (non-hydrogen) atoms. The van der Waals surface area contributed by atoms with Gasteiger partial charge in [-0.05, 0) is 59.6 Å². The standard InChI is InChI=1S/C11H6ClN3O.C7H3Cl2N3/c12-11-14-9(8-4-2-6-16-8)7-3-1-5-13-10(7)15-11;8-5-4-2-1-3-10-6(4)12-7(9)11-5/h1-6H;1-3H. The molecule has 0 saturated carbocycles. The monoisotopic (exact) mass is 430 g/mol. The van der Waals surface area contributed by atoms with Gasteiger partial charge in [0.05, 0.1) is 11.6 Å². The Morgan fingerprint density at radius 2 is 1.32 bits per heavy atom. The molecule has 0 amide bonds. The molecular formula is C18H9Cl3N6O. The fourth-order valence-corrected chi connectivity index (χ4v) is 3.04. The molecule has 0 radical (unpaired) electrons. The van der Waals surface area contributed by atoms with Crippen LogP contribution in [-0.2, 0) is 0 Å². The Morgan fingerprint density at radius 1 is 0.679 bits per heavy atom. The van der Waals surface area contributed by atoms with E-state index < -0.39 is 0 Å². The van der Waals surface area contributed by atoms with Crippen LogP contribution < -0.4 is 0 Å². The minimum absolute atomic E-state index is 0.117. The van der Waals surface area contributed by atoms with Crippen molar-refractivity contribution in [1.82, 2.24) is 29.9 Å². The van der Waals surface area contributed by atoms with Crippen LogP contribution in [0.3, 0.4) is 0 Å². The molecule has 0 aliphatic rings. The van der Waals surface area contributed by atoms with Crippen LogP contribution in [0.2, 0.25) is 15.7 Å². The Hall–Kier alpha value is -2.87. The van der Waals surface area contributed by atoms with Crippen molar-refractivity contribution in [1.29, 1.82) is 0 Å². The lowest BCUT2D eigenvalue weighted by molar-refractivity contribution is 0.580. The molecule has 0 atom stereocenters. The number of halogens is 3. The molecule has 0 bridgehead atoms. The van der Waals surface area contributed by atoms with E-state index in [0.717, 1.165) is 5.39 Å². The van der Waals surface area contributed by atoms with E-state index in [2.05, 4.69) is 29.9 Å². The Kier molecular flexibility index (Phi) is 5.29. The molecule has 0 N–H and O–H groups in total. The topological polar surface area (TPSA) is 90.5 Å². The van der Waals surface area contributed by atoms with Gasteiger partial charge in [-0.15, -0.1) is 0 Å². The Balaban J connectivity index is 0.000000143. The van der Waals surface area contributed by atoms with Crippen LogP contribution in [0, 0.1) is 0 Å². The Labute approximate surface area is 173 Å². The van der Waals surface area contributed by atoms with Gasteiger partial charge in [-0.25, -0.2) is 19.9 Å². The zero-order valence-electron chi connectivity index (χ0n) is 13.9. The van der Waals surface area contributed by atoms with Gasteiger partial charge in [-0.2, -0.15) is 9.97 Å². The summed E-state index contributed by atoms with van der Waals surface area (Å²) in [6.07, 6.45) is 4.88. The minimum atomic E-state index is 0.117. The first kappa shape index (κ1) is 18.5. The number of fused-ring (bicyclic) bond motifs is 2. The van der Waals surface area contributed by atoms with E-state index in [0.29, 0.717) is 33.3 Å². The predicted octanol–water partition coefficient (Wildman–Crippen LogP) is 5.27. The first-order valence-electron chi connectivity index (χ1n) is 7.88. The van der Waals surface area contributed by atoms with Gasteiger partial charge in [0.1, 0.15) is 10.8 Å². The third-order valence-corrected chi connectivity index (χ3v) is 4.22. The maximum absolute atomic E-state index is 5.84. The molecule has 0 aliphatic carbocycles. The molecule has 0 saturated heterocycles. The molecule has 5 aromatic heterocycles. The number of rotatable bonds is 1. The van der Waals surface area contributed by atoms with Crippen molar-refractivity contribution < 1.29 is 4.42 Å². The zero-order chi connectivity index (χ0) is 19.5. The maximum atomic E-state index is 5.84. The number of furan rings is 1. The average Bonchev–Trinajstić information content (AvgIpc) is 3.22. The lowest BCUT2D eigenvalue weighted by Gasteiger charge is -2.01. The number of hydrogen-bond acceptors (Lipinski definition) is 7. The summed E-state index contributed by atoms with van der Waals surface area (Å²) in [7, 11) is 0. The fraction of sp³-hybridized carbons (Fsp3) is 0. The van der Waals surface area contributed by atoms with Crippen LogP contribution in [0.1, 0.15) is 0 Å². The highest BCUT2D eigenvalue weighted by Gasteiger charge is 2.11. The highest BCUT2D eigenvalue weighted by molar-refractivity contribution is 6.35. The van der Waals surface area contributed by atoms with E-state index in [-0.39, 0.29) is 10.6 Å². The van der Waals surface area contributed by atoms with Crippen molar-refractivity contribution >= 4 is 56.9 Å². The molecule has 138 valence electrons. The molecule has 0 unspecified atom stereocenters. The second-order valence-corrected chi connectivity index (χ2v) is 6.39. The van der Waals surface area contributed by atoms with Crippen LogP contribution >= 0.6 is 34.8 Å². The highest BCUT2D eigenvalue weighted by atomic mass is 35.5. The predicted molar refractivity (Wildman–Crippen MR) is 107 cm³/mol. The van der Waals surface area contributed by atoms with Gasteiger partial charge in [0, 0.05) is 17.8 Å². The van der Waals surface area contributed by atoms with Gasteiger partial charge in [0.2, 0.25) is 10.6 Å². The summed E-state index contributed by atoms with van der Waals surface area (Å²) in [5, 5.41) is 2.15. The smallest absolute Gasteiger partial charge is 0.225 e. The van der Waals surface area contributed by atoms with Crippen molar-refractivity contribution in [2.45, 2.75) is 0 Å². The van der Waals surface area contributed by atoms with Crippen LogP contribution in [0.25, 0.3) is 33.5 Å². The largest absolute Gasteiger partial charge is 0.463 e. The van der Waals surface area contributed by atoms with E-state index >= 15 is 0 Å². The van der Waals surface area contributed by atoms with Crippen molar-refractivity contribution in [3.05, 3.63) is 70.8 Å². The third kappa shape index (κ3) is 3.87. The second kappa shape index (κ2) is 8.02. The summed E-state index contributed by atoms with van der Waals surface area (Å²) in [6, 6.07) is 10.9. The summed E-state index contributed by atoms with van der Waals surface area (Å²) in [5.41, 5.74) is 1.74. The highest BCUT2D eigenvalue weighted by Crippen LogP contribution is 2.26. The molecule has 5 rings (SSSR count). The van der Waals surface area contributed by atoms with Crippen molar-refractivity contribution in [2.24, 2.45) is 0 Å². The quantitative estimate of drug-likeness (QED) is 0.264. The fourth-order valence-electron chi connectivity index (χ4n) is 2.44. The maximum Gasteiger partial charge on any atom is 0.225 e. The molecule has 0 spiro atoms. The lowest BCUT2D eigenvalue weighted by atomic mass is 10.2. The van der Waals surface area contributed by atoms with Gasteiger partial charge >= 0.3 is 0 Å². The SMILES string of the molecule is Clc1nc(-c2ccco2)c2cccnc2n1.Clc1nc(Cl)c2cccnc2n1. The molecule has 5 heterocycles. The van der Waals surface area contributed by atoms with E-state index in [1.807, 2.05) is 18.2 Å². The van der Waals surface area contributed by atoms with Gasteiger partial charge < -0.3 is 4.42 Å². The van der Waals surface area contributed by atoms with Gasteiger partial charge in [-0.3, -0.25) is 0 Å². The van der Waals surface area contributed by atoms with Crippen molar-refractivity contribution in [3.8, 4) is 11.5 Å². The summed E-state index contributed by atoms with van der Waals surface area (Å²) in [5.74, 6) is 0.655. The van der Waals surface area contributed by atoms with E-state index in [4.69, 9.17) is 39.2 Å². The molecule has 0 aliphatic heterocycles. The number of pyridine rings is 2. The summed E-state index contributed by atoms with van der Waals surface area (Å²) < 4.78 is 5.31. The number of aromatic nitrogens is 6. The van der Waals surface area contributed by atoms with Crippen LogP contribution in [0.15, 0.2) is 59.5 Å². The lowest BCUT2D eigenvalue weighted by Crippen LogP contribution is -1.91. The molecule has 0 aromatic carbocycles. The van der Waals surface area contributed by atoms with Gasteiger partial charge in [-0.1, -0.05) is 11.6 Å². The molecule has 5 aromatic rings. The summed E-state index contributed by atoms with van der Waals surface area (Å²) in [6.45, 7) is 0. The molecule has 10 heteroatoms. The molecule has 7 nitrogen and oxygen atoms in total. The van der Waals surface area contributed by atoms with E-state index in [9.17, 15) is 0 Å². The van der Waals surface area contributed by atoms with Gasteiger partial charge in [0.15, 0.2) is 17.1 Å². The van der Waals surface area contributed by atoms with E-state index in [1.54, 1.807) is 36.9 Å². The van der Waals surface area contributed by atoms with Crippen molar-refractivity contribution in [2.75, 3.05) is 0 Å². The van der Waals surface area contributed by atoms with Crippen LogP contribution in [0.4, 0.5) is 0 Å². The van der Waals surface area contributed by atoms with Gasteiger partial charge in [0.25, 0.3) is 0 Å². The Bertz CT molecular complexity index is 1260. The van der Waals surface area contributed by atoms with Crippen molar-refractivity contribution in [3.63, 3.8) is 0 Å². The molecular weight excluding hydrogens is 423 g/mol. The zero-order valence-corrected chi connectivity index (χ0v) is 16.2. The third-order valence-electron chi connectivity index (χ3n) is 3.60. The summed E-state index contributed by atoms with van der Waals surface area (Å²) in [4.78, 5) is 24.0. The Morgan fingerprint density at radius 3 is 2.00 bits per heavy atom. The van der Waals surface area contributed by atoms with Crippen LogP contribution in [0.5, 0.6) is 0 Å². The first-order chi connectivity index (χ1) is 13.6. The molecule has 0 fully saturated rings. The first-order valence-corrected chi connectivity index (χ1v) is 9.01. The number of hydrogen-bond donors (Lipinski definition) is 0. The average molecular weight is 432 g/mol. The normalized spacial score (nSPS) is 10.7.